The maximum absolute atomic E-state index is 9.95. The summed E-state index contributed by atoms with van der Waals surface area (Å²) >= 11 is 0. The minimum absolute atomic E-state index is 0.0869. The Bertz CT molecular complexity index is 950. The van der Waals surface area contributed by atoms with Crippen LogP contribution in [0.25, 0.3) is 11.2 Å². The van der Waals surface area contributed by atoms with Gasteiger partial charge in [0.2, 0.25) is 0 Å². The second kappa shape index (κ2) is 13.0. The molecule has 1 saturated heterocycles. The summed E-state index contributed by atoms with van der Waals surface area (Å²) in [6, 6.07) is 0. The van der Waals surface area contributed by atoms with Crippen molar-refractivity contribution in [2.24, 2.45) is 0 Å². The van der Waals surface area contributed by atoms with Crippen LogP contribution in [0.1, 0.15) is 6.23 Å². The standard InChI is InChI=1S/C10H13N5O4.C5H10O5.H3O4P/c11-8-5-9(13-2-12-8)15(3-14-5)10-7(18)6(17)4(1-16)19-10;6-1-3(8)5(10)4(9)2-7;1-5(2,3)4/h2-4,6-7,10,16-18H,1H2,(H2,11,12,13);1,3-5,7-10H,2H2;(H3,1,2,3,4)/t4-,6-,7-,10-;;/m1../s1. The molecule has 0 aliphatic carbocycles. The molecule has 3 heterocycles. The molecular formula is C15H26N5O13P. The van der Waals surface area contributed by atoms with Crippen molar-refractivity contribution in [1.29, 1.82) is 0 Å². The zero-order valence-corrected chi connectivity index (χ0v) is 18.1. The van der Waals surface area contributed by atoms with E-state index in [0.717, 1.165) is 0 Å². The lowest BCUT2D eigenvalue weighted by atomic mass is 10.1. The number of aliphatic hydroxyl groups excluding tert-OH is 7. The van der Waals surface area contributed by atoms with Gasteiger partial charge < -0.3 is 65.7 Å². The van der Waals surface area contributed by atoms with E-state index in [1.165, 1.54) is 17.2 Å². The van der Waals surface area contributed by atoms with Gasteiger partial charge in [-0.2, -0.15) is 0 Å². The number of carbonyl (C=O) groups excluding carboxylic acids is 1. The van der Waals surface area contributed by atoms with Crippen LogP contribution >= 0.6 is 7.82 Å². The number of imidazole rings is 1. The molecule has 0 spiro atoms. The third kappa shape index (κ3) is 8.24. The summed E-state index contributed by atoms with van der Waals surface area (Å²) in [6.07, 6.45) is -6.05. The lowest BCUT2D eigenvalue weighted by molar-refractivity contribution is -0.127. The normalized spacial score (nSPS) is 24.9. The molecule has 1 fully saturated rings. The summed E-state index contributed by atoms with van der Waals surface area (Å²) in [7, 11) is -4.64. The molecule has 0 amide bonds. The van der Waals surface area contributed by atoms with E-state index in [-0.39, 0.29) is 12.1 Å². The highest BCUT2D eigenvalue weighted by atomic mass is 31.2. The van der Waals surface area contributed by atoms with Crippen molar-refractivity contribution in [3.8, 4) is 0 Å². The fourth-order valence-electron chi connectivity index (χ4n) is 2.58. The van der Waals surface area contributed by atoms with Crippen LogP contribution in [-0.2, 0) is 14.1 Å². The average molecular weight is 515 g/mol. The van der Waals surface area contributed by atoms with Crippen molar-refractivity contribution in [3.05, 3.63) is 12.7 Å². The van der Waals surface area contributed by atoms with E-state index in [1.54, 1.807) is 0 Å². The van der Waals surface area contributed by atoms with Gasteiger partial charge in [-0.3, -0.25) is 4.57 Å². The zero-order valence-electron chi connectivity index (χ0n) is 17.2. The van der Waals surface area contributed by atoms with E-state index in [2.05, 4.69) is 15.0 Å². The molecular weight excluding hydrogens is 489 g/mol. The number of hydrogen-bond donors (Lipinski definition) is 11. The minimum atomic E-state index is -4.64. The zero-order chi connectivity index (χ0) is 26.2. The molecule has 0 saturated carbocycles. The van der Waals surface area contributed by atoms with E-state index >= 15 is 0 Å². The van der Waals surface area contributed by atoms with Crippen molar-refractivity contribution in [1.82, 2.24) is 19.5 Å². The highest BCUT2D eigenvalue weighted by Gasteiger charge is 2.44. The number of nitrogens with zero attached hydrogens (tertiary/aromatic N) is 4. The van der Waals surface area contributed by atoms with Crippen LogP contribution in [0.15, 0.2) is 12.7 Å². The first kappa shape index (κ1) is 29.8. The van der Waals surface area contributed by atoms with Crippen molar-refractivity contribution >= 4 is 31.1 Å². The Kier molecular flexibility index (Phi) is 11.5. The lowest BCUT2D eigenvalue weighted by Crippen LogP contribution is -2.40. The van der Waals surface area contributed by atoms with Gasteiger partial charge in [0.25, 0.3) is 0 Å². The number of nitrogens with two attached hydrogens (primary N) is 1. The molecule has 1 aliphatic rings. The molecule has 0 bridgehead atoms. The number of rotatable bonds is 6. The molecule has 3 unspecified atom stereocenters. The second-order valence-electron chi connectivity index (χ2n) is 6.69. The number of hydrogen-bond acceptors (Lipinski definition) is 14. The third-order valence-corrected chi connectivity index (χ3v) is 4.25. The summed E-state index contributed by atoms with van der Waals surface area (Å²) in [5.74, 6) is 0.218. The maximum Gasteiger partial charge on any atom is 0.466 e. The number of nitrogen functional groups attached to an aromatic ring is 1. The van der Waals surface area contributed by atoms with Crippen molar-refractivity contribution in [2.75, 3.05) is 18.9 Å². The Labute approximate surface area is 190 Å². The third-order valence-electron chi connectivity index (χ3n) is 4.25. The van der Waals surface area contributed by atoms with Gasteiger partial charge in [0.1, 0.15) is 48.5 Å². The highest BCUT2D eigenvalue weighted by molar-refractivity contribution is 7.45. The first-order valence-corrected chi connectivity index (χ1v) is 10.8. The number of aromatic nitrogens is 4. The van der Waals surface area contributed by atoms with E-state index in [9.17, 15) is 15.0 Å². The van der Waals surface area contributed by atoms with Gasteiger partial charge in [-0.05, 0) is 0 Å². The monoisotopic (exact) mass is 515 g/mol. The highest BCUT2D eigenvalue weighted by Crippen LogP contribution is 2.31. The van der Waals surface area contributed by atoms with Crippen LogP contribution in [0.2, 0.25) is 0 Å². The topological polar surface area (TPSA) is 315 Å². The average Bonchev–Trinajstić information content (AvgIpc) is 3.33. The predicted octanol–water partition coefficient (Wildman–Crippen LogP) is -5.65. The summed E-state index contributed by atoms with van der Waals surface area (Å²) in [5.41, 5.74) is 6.44. The quantitative estimate of drug-likeness (QED) is 0.126. The molecule has 12 N–H and O–H groups in total. The van der Waals surface area contributed by atoms with Crippen molar-refractivity contribution in [3.63, 3.8) is 0 Å². The van der Waals surface area contributed by atoms with Gasteiger partial charge in [-0.25, -0.2) is 19.5 Å². The molecule has 2 aromatic rings. The Balaban J connectivity index is 0.000000325. The Hall–Kier alpha value is -2.19. The minimum Gasteiger partial charge on any atom is -0.394 e. The number of aliphatic hydroxyl groups is 7. The van der Waals surface area contributed by atoms with Crippen LogP contribution < -0.4 is 5.73 Å². The van der Waals surface area contributed by atoms with Crippen LogP contribution in [-0.4, -0.2) is 126 Å². The molecule has 194 valence electrons. The van der Waals surface area contributed by atoms with E-state index in [4.69, 9.17) is 55.2 Å². The largest absolute Gasteiger partial charge is 0.466 e. The number of fused-ring (bicyclic) bond motifs is 1. The summed E-state index contributed by atoms with van der Waals surface area (Å²) in [6.45, 7) is -1.08. The molecule has 7 atom stereocenters. The van der Waals surface area contributed by atoms with Crippen LogP contribution in [0.5, 0.6) is 0 Å². The van der Waals surface area contributed by atoms with Crippen molar-refractivity contribution in [2.45, 2.75) is 42.9 Å². The van der Waals surface area contributed by atoms with Gasteiger partial charge in [0, 0.05) is 0 Å². The number of aldehydes is 1. The number of carbonyl (C=O) groups is 1. The second-order valence-corrected chi connectivity index (χ2v) is 7.72. The molecule has 18 nitrogen and oxygen atoms in total. The molecule has 19 heteroatoms. The van der Waals surface area contributed by atoms with Crippen LogP contribution in [0.4, 0.5) is 5.82 Å². The van der Waals surface area contributed by atoms with Gasteiger partial charge >= 0.3 is 7.82 Å². The van der Waals surface area contributed by atoms with Crippen LogP contribution in [0.3, 0.4) is 0 Å². The molecule has 2 aromatic heterocycles. The molecule has 1 aliphatic heterocycles. The van der Waals surface area contributed by atoms with E-state index in [0.29, 0.717) is 11.2 Å². The number of ether oxygens (including phenoxy) is 1. The molecule has 0 radical (unpaired) electrons. The Morgan fingerprint density at radius 2 is 1.71 bits per heavy atom. The van der Waals surface area contributed by atoms with Crippen LogP contribution in [0, 0.1) is 0 Å². The molecule has 34 heavy (non-hydrogen) atoms. The van der Waals surface area contributed by atoms with E-state index < -0.39 is 63.9 Å². The maximum atomic E-state index is 9.95. The smallest absolute Gasteiger partial charge is 0.394 e. The predicted molar refractivity (Wildman–Crippen MR) is 108 cm³/mol. The van der Waals surface area contributed by atoms with Gasteiger partial charge in [0.05, 0.1) is 19.5 Å². The molecule has 0 aromatic carbocycles. The summed E-state index contributed by atoms with van der Waals surface area (Å²) < 4.78 is 15.7. The fourth-order valence-corrected chi connectivity index (χ4v) is 2.58. The molecule has 3 rings (SSSR count). The fraction of sp³-hybridized carbons (Fsp3) is 0.600. The first-order valence-electron chi connectivity index (χ1n) is 9.20. The number of phosphoric acid groups is 1. The van der Waals surface area contributed by atoms with Gasteiger partial charge in [-0.15, -0.1) is 0 Å². The van der Waals surface area contributed by atoms with Gasteiger partial charge in [0.15, 0.2) is 24.0 Å². The lowest BCUT2D eigenvalue weighted by Gasteiger charge is -2.16. The Morgan fingerprint density at radius 3 is 2.18 bits per heavy atom. The summed E-state index contributed by atoms with van der Waals surface area (Å²) in [5, 5.41) is 62.8. The first-order chi connectivity index (χ1) is 15.8. The van der Waals surface area contributed by atoms with Gasteiger partial charge in [-0.1, -0.05) is 0 Å². The summed E-state index contributed by atoms with van der Waals surface area (Å²) in [4.78, 5) is 43.2. The number of anilines is 1. The van der Waals surface area contributed by atoms with E-state index in [1.807, 2.05) is 0 Å². The Morgan fingerprint density at radius 1 is 1.12 bits per heavy atom. The van der Waals surface area contributed by atoms with Crippen molar-refractivity contribution < 1.29 is 64.5 Å². The SMILES string of the molecule is Nc1ncnc2c1ncn2[C@@H]1O[C@H](CO)[C@@H](O)[C@H]1O.O=CC(O)C(O)C(O)CO.O=P(O)(O)O.